The van der Waals surface area contributed by atoms with Crippen molar-refractivity contribution < 1.29 is 23.7 Å². The van der Waals surface area contributed by atoms with Crippen molar-refractivity contribution in [3.63, 3.8) is 0 Å². The fourth-order valence-electron chi connectivity index (χ4n) is 4.59. The van der Waals surface area contributed by atoms with Gasteiger partial charge >= 0.3 is 5.97 Å². The summed E-state index contributed by atoms with van der Waals surface area (Å²) in [4.78, 5) is 15.0. The summed E-state index contributed by atoms with van der Waals surface area (Å²) in [5.41, 5.74) is 0.409. The maximum atomic E-state index is 12.4. The number of hydrogen-bond donors (Lipinski definition) is 0. The zero-order chi connectivity index (χ0) is 21.5. The number of methoxy groups -OCH3 is 1. The predicted octanol–water partition coefficient (Wildman–Crippen LogP) is 3.07. The normalized spacial score (nSPS) is 27.7. The Kier molecular flexibility index (Phi) is 8.53. The van der Waals surface area contributed by atoms with Crippen LogP contribution in [0.1, 0.15) is 69.3 Å². The van der Waals surface area contributed by atoms with Gasteiger partial charge in [-0.3, -0.25) is 9.58 Å². The van der Waals surface area contributed by atoms with E-state index in [0.717, 1.165) is 45.2 Å². The molecule has 1 aromatic heterocycles. The molecule has 2 atom stereocenters. The van der Waals surface area contributed by atoms with Gasteiger partial charge in [0.05, 0.1) is 31.5 Å². The molecule has 8 heteroatoms. The summed E-state index contributed by atoms with van der Waals surface area (Å²) in [6.45, 7) is 9.52. The molecule has 8 nitrogen and oxygen atoms in total. The maximum Gasteiger partial charge on any atom is 0.345 e. The van der Waals surface area contributed by atoms with Gasteiger partial charge < -0.3 is 18.9 Å². The van der Waals surface area contributed by atoms with Crippen LogP contribution in [0.3, 0.4) is 0 Å². The second-order valence-electron chi connectivity index (χ2n) is 8.42. The largest absolute Gasteiger partial charge is 0.476 e. The monoisotopic (exact) mass is 423 g/mol. The molecule has 0 spiro atoms. The second kappa shape index (κ2) is 11.1. The highest BCUT2D eigenvalue weighted by Gasteiger charge is 2.32. The zero-order valence-corrected chi connectivity index (χ0v) is 18.8. The number of carbonyl (C=O) groups is 1. The van der Waals surface area contributed by atoms with E-state index in [-0.39, 0.29) is 12.0 Å². The van der Waals surface area contributed by atoms with Crippen LogP contribution in [-0.4, -0.2) is 78.9 Å². The van der Waals surface area contributed by atoms with Crippen molar-refractivity contribution in [1.82, 2.24) is 14.7 Å². The number of nitrogens with zero attached hydrogens (tertiary/aromatic N) is 3. The van der Waals surface area contributed by atoms with Gasteiger partial charge in [0.2, 0.25) is 5.88 Å². The van der Waals surface area contributed by atoms with E-state index in [2.05, 4.69) is 23.8 Å². The van der Waals surface area contributed by atoms with Gasteiger partial charge in [0.1, 0.15) is 5.56 Å². The fourth-order valence-corrected chi connectivity index (χ4v) is 4.59. The van der Waals surface area contributed by atoms with Crippen LogP contribution < -0.4 is 4.74 Å². The van der Waals surface area contributed by atoms with E-state index in [1.807, 2.05) is 4.68 Å². The lowest BCUT2D eigenvalue weighted by Gasteiger charge is -2.42. The van der Waals surface area contributed by atoms with Crippen LogP contribution in [0, 0.1) is 0 Å². The molecule has 0 bridgehead atoms. The summed E-state index contributed by atoms with van der Waals surface area (Å²) in [5.74, 6) is -0.0158. The van der Waals surface area contributed by atoms with E-state index < -0.39 is 0 Å². The minimum absolute atomic E-state index is 0.279. The van der Waals surface area contributed by atoms with Crippen LogP contribution in [-0.2, 0) is 14.2 Å². The lowest BCUT2D eigenvalue weighted by atomic mass is 9.89. The van der Waals surface area contributed by atoms with Crippen LogP contribution in [0.4, 0.5) is 0 Å². The Hall–Kier alpha value is -1.64. The summed E-state index contributed by atoms with van der Waals surface area (Å²) in [5, 5.41) is 4.62. The Labute approximate surface area is 179 Å². The number of carbonyl (C=O) groups excluding carboxylic acids is 1. The molecular weight excluding hydrogens is 386 g/mol. The number of aromatic nitrogens is 2. The van der Waals surface area contributed by atoms with E-state index in [0.29, 0.717) is 49.5 Å². The molecule has 0 radical (unpaired) electrons. The first kappa shape index (κ1) is 23.0. The van der Waals surface area contributed by atoms with Crippen LogP contribution in [0.15, 0.2) is 6.20 Å². The van der Waals surface area contributed by atoms with Gasteiger partial charge in [-0.25, -0.2) is 4.79 Å². The molecule has 0 unspecified atom stereocenters. The molecule has 1 aliphatic carbocycles. The van der Waals surface area contributed by atoms with Crippen molar-refractivity contribution in [1.29, 1.82) is 0 Å². The first-order valence-electron chi connectivity index (χ1n) is 11.3. The van der Waals surface area contributed by atoms with Crippen LogP contribution in [0.2, 0.25) is 0 Å². The Morgan fingerprint density at radius 3 is 2.43 bits per heavy atom. The highest BCUT2D eigenvalue weighted by atomic mass is 16.5. The zero-order valence-electron chi connectivity index (χ0n) is 18.8. The third-order valence-electron chi connectivity index (χ3n) is 5.93. The fraction of sp³-hybridized carbons (Fsp3) is 0.818. The summed E-state index contributed by atoms with van der Waals surface area (Å²) in [6, 6.07) is 0.876. The number of hydrogen-bond acceptors (Lipinski definition) is 7. The van der Waals surface area contributed by atoms with Crippen molar-refractivity contribution in [3.05, 3.63) is 11.8 Å². The number of esters is 1. The van der Waals surface area contributed by atoms with Crippen molar-refractivity contribution >= 4 is 5.97 Å². The number of ether oxygens (including phenoxy) is 4. The van der Waals surface area contributed by atoms with E-state index >= 15 is 0 Å². The van der Waals surface area contributed by atoms with Gasteiger partial charge in [-0.15, -0.1) is 5.10 Å². The molecule has 0 N–H and O–H groups in total. The summed E-state index contributed by atoms with van der Waals surface area (Å²) in [6.07, 6.45) is 7.46. The van der Waals surface area contributed by atoms with E-state index in [4.69, 9.17) is 18.9 Å². The second-order valence-corrected chi connectivity index (χ2v) is 8.42. The average molecular weight is 424 g/mol. The molecule has 0 aromatic carbocycles. The molecule has 2 heterocycles. The number of morpholine rings is 1. The molecule has 0 amide bonds. The van der Waals surface area contributed by atoms with Crippen molar-refractivity contribution in [2.45, 2.75) is 77.2 Å². The van der Waals surface area contributed by atoms with Crippen molar-refractivity contribution in [2.75, 3.05) is 40.0 Å². The van der Waals surface area contributed by atoms with Crippen LogP contribution in [0.25, 0.3) is 0 Å². The van der Waals surface area contributed by atoms with Gasteiger partial charge in [-0.05, 0) is 46.5 Å². The Morgan fingerprint density at radius 1 is 1.13 bits per heavy atom. The lowest BCUT2D eigenvalue weighted by molar-refractivity contribution is -0.0852. The van der Waals surface area contributed by atoms with Gasteiger partial charge in [0, 0.05) is 45.5 Å². The molecular formula is C22H37N3O5. The predicted molar refractivity (Wildman–Crippen MR) is 113 cm³/mol. The SMILES string of the molecule is CCOC(=O)c1cn(C2CCC(N3C[C@@H](C)O[C@@H](C)C3)CC2)nc1OCCCOC. The quantitative estimate of drug-likeness (QED) is 0.446. The highest BCUT2D eigenvalue weighted by molar-refractivity contribution is 5.91. The minimum Gasteiger partial charge on any atom is -0.476 e. The summed E-state index contributed by atoms with van der Waals surface area (Å²) < 4.78 is 23.8. The Balaban J connectivity index is 1.62. The molecule has 1 aliphatic heterocycles. The molecule has 30 heavy (non-hydrogen) atoms. The first-order chi connectivity index (χ1) is 14.5. The Bertz CT molecular complexity index is 662. The third kappa shape index (κ3) is 5.95. The van der Waals surface area contributed by atoms with Gasteiger partial charge in [-0.1, -0.05) is 0 Å². The van der Waals surface area contributed by atoms with E-state index in [1.165, 1.54) is 0 Å². The smallest absolute Gasteiger partial charge is 0.345 e. The van der Waals surface area contributed by atoms with Crippen LogP contribution >= 0.6 is 0 Å². The van der Waals surface area contributed by atoms with Gasteiger partial charge in [0.15, 0.2) is 0 Å². The van der Waals surface area contributed by atoms with Gasteiger partial charge in [0.25, 0.3) is 0 Å². The molecule has 2 fully saturated rings. The van der Waals surface area contributed by atoms with Crippen molar-refractivity contribution in [2.24, 2.45) is 0 Å². The molecule has 170 valence electrons. The summed E-state index contributed by atoms with van der Waals surface area (Å²) >= 11 is 0. The maximum absolute atomic E-state index is 12.4. The standard InChI is InChI=1S/C22H37N3O5/c1-5-28-22(26)20-15-25(23-21(20)29-12-6-11-27-4)19-9-7-18(8-10-19)24-13-16(2)30-17(3)14-24/h15-19H,5-14H2,1-4H3/t16-,17+,18?,19?. The van der Waals surface area contributed by atoms with Crippen LogP contribution in [0.5, 0.6) is 5.88 Å². The molecule has 3 rings (SSSR count). The third-order valence-corrected chi connectivity index (χ3v) is 5.93. The Morgan fingerprint density at radius 2 is 1.80 bits per heavy atom. The first-order valence-corrected chi connectivity index (χ1v) is 11.3. The van der Waals surface area contributed by atoms with Gasteiger partial charge in [-0.2, -0.15) is 0 Å². The van der Waals surface area contributed by atoms with Crippen molar-refractivity contribution in [3.8, 4) is 5.88 Å². The minimum atomic E-state index is -0.379. The molecule has 1 saturated heterocycles. The lowest BCUT2D eigenvalue weighted by Crippen LogP contribution is -2.51. The topological polar surface area (TPSA) is 75.1 Å². The molecule has 1 aromatic rings. The van der Waals surface area contributed by atoms with E-state index in [1.54, 1.807) is 20.2 Å². The number of rotatable bonds is 9. The summed E-state index contributed by atoms with van der Waals surface area (Å²) in [7, 11) is 1.66. The van der Waals surface area contributed by atoms with E-state index in [9.17, 15) is 4.79 Å². The molecule has 2 aliphatic rings. The average Bonchev–Trinajstić information content (AvgIpc) is 3.15. The highest BCUT2D eigenvalue weighted by Crippen LogP contribution is 2.33. The molecule has 1 saturated carbocycles.